The van der Waals surface area contributed by atoms with E-state index in [1.807, 2.05) is 0 Å². The van der Waals surface area contributed by atoms with Gasteiger partial charge in [-0.25, -0.2) is 9.97 Å². The highest BCUT2D eigenvalue weighted by molar-refractivity contribution is 5.32. The molecule has 98 valence electrons. The van der Waals surface area contributed by atoms with Crippen molar-refractivity contribution in [2.75, 3.05) is 5.32 Å². The molecule has 0 bridgehead atoms. The molecule has 3 rings (SSSR count). The van der Waals surface area contributed by atoms with Crippen LogP contribution in [0.4, 0.5) is 5.95 Å². The topological polar surface area (TPSA) is 72.7 Å². The molecule has 0 amide bonds. The minimum atomic E-state index is -0.192. The van der Waals surface area contributed by atoms with Gasteiger partial charge in [-0.2, -0.15) is 9.78 Å². The first-order chi connectivity index (χ1) is 9.33. The summed E-state index contributed by atoms with van der Waals surface area (Å²) in [6, 6.07) is 3.54. The maximum Gasteiger partial charge on any atom is 0.271 e. The van der Waals surface area contributed by atoms with Crippen molar-refractivity contribution in [2.45, 2.75) is 31.7 Å². The Kier molecular flexibility index (Phi) is 3.22. The van der Waals surface area contributed by atoms with Gasteiger partial charge in [0, 0.05) is 18.3 Å². The summed E-state index contributed by atoms with van der Waals surface area (Å²) in [5, 5.41) is 7.29. The normalized spacial score (nSPS) is 15.6. The molecule has 1 aliphatic carbocycles. The van der Waals surface area contributed by atoms with Crippen LogP contribution in [0.1, 0.15) is 25.7 Å². The molecule has 0 saturated heterocycles. The zero-order chi connectivity index (χ0) is 13.1. The average Bonchev–Trinajstić information content (AvgIpc) is 2.93. The number of hydrogen-bond donors (Lipinski definition) is 1. The number of hydrogen-bond acceptors (Lipinski definition) is 5. The van der Waals surface area contributed by atoms with E-state index >= 15 is 0 Å². The molecule has 1 N–H and O–H groups in total. The lowest BCUT2D eigenvalue weighted by atomic mass is 10.2. The van der Waals surface area contributed by atoms with Gasteiger partial charge in [-0.1, -0.05) is 12.8 Å². The Balaban J connectivity index is 1.79. The molecule has 19 heavy (non-hydrogen) atoms. The van der Waals surface area contributed by atoms with Crippen molar-refractivity contribution in [3.8, 4) is 5.69 Å². The Morgan fingerprint density at radius 2 is 1.95 bits per heavy atom. The van der Waals surface area contributed by atoms with Crippen molar-refractivity contribution in [3.05, 3.63) is 41.1 Å². The molecule has 2 heterocycles. The monoisotopic (exact) mass is 257 g/mol. The van der Waals surface area contributed by atoms with E-state index in [1.54, 1.807) is 24.7 Å². The van der Waals surface area contributed by atoms with E-state index in [1.165, 1.54) is 36.4 Å². The Morgan fingerprint density at radius 1 is 1.21 bits per heavy atom. The molecule has 0 unspecified atom stereocenters. The molecule has 0 radical (unpaired) electrons. The smallest absolute Gasteiger partial charge is 0.271 e. The fourth-order valence-corrected chi connectivity index (χ4v) is 2.31. The summed E-state index contributed by atoms with van der Waals surface area (Å²) in [6.07, 6.45) is 9.65. The standard InChI is InChI=1S/C13H15N5O/c19-12-6-3-7-16-18(12)11-8-14-13(15-9-11)17-10-4-1-2-5-10/h3,6-10H,1-2,4-5H2,(H,14,15,17). The van der Waals surface area contributed by atoms with E-state index in [0.717, 1.165) is 0 Å². The first-order valence-corrected chi connectivity index (χ1v) is 6.46. The van der Waals surface area contributed by atoms with Gasteiger partial charge in [0.25, 0.3) is 5.56 Å². The summed E-state index contributed by atoms with van der Waals surface area (Å²) in [5.41, 5.74) is 0.380. The van der Waals surface area contributed by atoms with Gasteiger partial charge < -0.3 is 5.32 Å². The Bertz CT molecular complexity index is 601. The molecule has 2 aromatic heterocycles. The minimum absolute atomic E-state index is 0.192. The molecule has 2 aromatic rings. The van der Waals surface area contributed by atoms with Gasteiger partial charge in [0.15, 0.2) is 0 Å². The summed E-state index contributed by atoms with van der Waals surface area (Å²) in [4.78, 5) is 20.1. The van der Waals surface area contributed by atoms with Gasteiger partial charge in [0.2, 0.25) is 5.95 Å². The van der Waals surface area contributed by atoms with Crippen molar-refractivity contribution < 1.29 is 0 Å². The van der Waals surface area contributed by atoms with Gasteiger partial charge >= 0.3 is 0 Å². The highest BCUT2D eigenvalue weighted by atomic mass is 16.1. The van der Waals surface area contributed by atoms with Crippen LogP contribution in [0.2, 0.25) is 0 Å². The molecule has 0 atom stereocenters. The summed E-state index contributed by atoms with van der Waals surface area (Å²) in [6.45, 7) is 0. The number of rotatable bonds is 3. The zero-order valence-electron chi connectivity index (χ0n) is 10.5. The third-order valence-corrected chi connectivity index (χ3v) is 3.29. The maximum absolute atomic E-state index is 11.6. The van der Waals surface area contributed by atoms with Crippen molar-refractivity contribution in [3.63, 3.8) is 0 Å². The number of nitrogens with zero attached hydrogens (tertiary/aromatic N) is 4. The van der Waals surface area contributed by atoms with E-state index in [0.29, 0.717) is 17.7 Å². The van der Waals surface area contributed by atoms with Crippen molar-refractivity contribution >= 4 is 5.95 Å². The van der Waals surface area contributed by atoms with E-state index in [2.05, 4.69) is 20.4 Å². The Hall–Kier alpha value is -2.24. The summed E-state index contributed by atoms with van der Waals surface area (Å²) in [7, 11) is 0. The lowest BCUT2D eigenvalue weighted by Crippen LogP contribution is -2.20. The number of nitrogens with one attached hydrogen (secondary N) is 1. The van der Waals surface area contributed by atoms with E-state index in [9.17, 15) is 4.79 Å². The molecule has 0 aromatic carbocycles. The molecular formula is C13H15N5O. The molecule has 1 saturated carbocycles. The van der Waals surface area contributed by atoms with Crippen LogP contribution in [-0.4, -0.2) is 25.8 Å². The SMILES string of the molecule is O=c1cccnn1-c1cnc(NC2CCCC2)nc1. The van der Waals surface area contributed by atoms with Crippen LogP contribution in [0.25, 0.3) is 5.69 Å². The second-order valence-electron chi connectivity index (χ2n) is 4.66. The zero-order valence-corrected chi connectivity index (χ0v) is 10.5. The number of aromatic nitrogens is 4. The molecule has 6 nitrogen and oxygen atoms in total. The maximum atomic E-state index is 11.6. The predicted octanol–water partition coefficient (Wildman–Crippen LogP) is 1.38. The van der Waals surface area contributed by atoms with Crippen LogP contribution in [0.3, 0.4) is 0 Å². The average molecular weight is 257 g/mol. The second kappa shape index (κ2) is 5.17. The van der Waals surface area contributed by atoms with Crippen molar-refractivity contribution in [1.82, 2.24) is 19.7 Å². The Labute approximate surface area is 110 Å². The van der Waals surface area contributed by atoms with Crippen LogP contribution in [0.5, 0.6) is 0 Å². The molecular weight excluding hydrogens is 242 g/mol. The van der Waals surface area contributed by atoms with Gasteiger partial charge in [-0.05, 0) is 18.9 Å². The van der Waals surface area contributed by atoms with Crippen LogP contribution in [0.15, 0.2) is 35.5 Å². The summed E-state index contributed by atoms with van der Waals surface area (Å²) in [5.74, 6) is 0.611. The molecule has 6 heteroatoms. The van der Waals surface area contributed by atoms with Crippen LogP contribution in [0, 0.1) is 0 Å². The lowest BCUT2D eigenvalue weighted by molar-refractivity contribution is 0.740. The first kappa shape index (κ1) is 11.8. The molecule has 1 aliphatic rings. The second-order valence-corrected chi connectivity index (χ2v) is 4.66. The van der Waals surface area contributed by atoms with Gasteiger partial charge in [-0.3, -0.25) is 4.79 Å². The van der Waals surface area contributed by atoms with Crippen LogP contribution in [-0.2, 0) is 0 Å². The van der Waals surface area contributed by atoms with Crippen molar-refractivity contribution in [2.24, 2.45) is 0 Å². The minimum Gasteiger partial charge on any atom is -0.351 e. The van der Waals surface area contributed by atoms with Gasteiger partial charge in [0.1, 0.15) is 5.69 Å². The Morgan fingerprint density at radius 3 is 2.63 bits per heavy atom. The highest BCUT2D eigenvalue weighted by Gasteiger charge is 2.15. The van der Waals surface area contributed by atoms with Gasteiger partial charge in [0.05, 0.1) is 12.4 Å². The third-order valence-electron chi connectivity index (χ3n) is 3.29. The van der Waals surface area contributed by atoms with Gasteiger partial charge in [-0.15, -0.1) is 0 Å². The molecule has 1 fully saturated rings. The van der Waals surface area contributed by atoms with E-state index in [4.69, 9.17) is 0 Å². The fourth-order valence-electron chi connectivity index (χ4n) is 2.31. The fraction of sp³-hybridized carbons (Fsp3) is 0.385. The van der Waals surface area contributed by atoms with Crippen LogP contribution < -0.4 is 10.9 Å². The largest absolute Gasteiger partial charge is 0.351 e. The van der Waals surface area contributed by atoms with Crippen LogP contribution >= 0.6 is 0 Å². The van der Waals surface area contributed by atoms with E-state index in [-0.39, 0.29) is 5.56 Å². The first-order valence-electron chi connectivity index (χ1n) is 6.46. The predicted molar refractivity (Wildman–Crippen MR) is 71.3 cm³/mol. The summed E-state index contributed by atoms with van der Waals surface area (Å²) < 4.78 is 1.28. The van der Waals surface area contributed by atoms with Crippen molar-refractivity contribution in [1.29, 1.82) is 0 Å². The molecule has 0 aliphatic heterocycles. The lowest BCUT2D eigenvalue weighted by Gasteiger charge is -2.11. The highest BCUT2D eigenvalue weighted by Crippen LogP contribution is 2.20. The summed E-state index contributed by atoms with van der Waals surface area (Å²) >= 11 is 0. The van der Waals surface area contributed by atoms with E-state index < -0.39 is 0 Å². The quantitative estimate of drug-likeness (QED) is 0.899. The molecule has 0 spiro atoms. The third kappa shape index (κ3) is 2.62. The number of anilines is 1.